The number of halogens is 2. The first kappa shape index (κ1) is 15.4. The molecule has 2 aromatic rings. The fourth-order valence-electron chi connectivity index (χ4n) is 2.23. The van der Waals surface area contributed by atoms with Crippen molar-refractivity contribution in [3.05, 3.63) is 29.0 Å². The van der Waals surface area contributed by atoms with Gasteiger partial charge in [-0.1, -0.05) is 25.4 Å². The van der Waals surface area contributed by atoms with E-state index in [1.807, 2.05) is 0 Å². The maximum absolute atomic E-state index is 13.6. The molecular weight excluding hydrogens is 299 g/mol. The van der Waals surface area contributed by atoms with Gasteiger partial charge in [0, 0.05) is 5.56 Å². The van der Waals surface area contributed by atoms with Gasteiger partial charge in [-0.25, -0.2) is 13.9 Å². The number of carbonyl (C=O) groups is 1. The number of aliphatic carboxylic acids is 1. The molecule has 0 fully saturated rings. The third-order valence-electron chi connectivity index (χ3n) is 3.62. The fourth-order valence-corrected chi connectivity index (χ4v) is 2.35. The summed E-state index contributed by atoms with van der Waals surface area (Å²) in [4.78, 5) is 11.7. The topological polar surface area (TPSA) is 80.9 Å². The van der Waals surface area contributed by atoms with Crippen LogP contribution in [-0.2, 0) is 10.3 Å². The minimum atomic E-state index is -1.27. The van der Waals surface area contributed by atoms with E-state index < -0.39 is 17.3 Å². The monoisotopic (exact) mass is 312 g/mol. The molecule has 2 rings (SSSR count). The van der Waals surface area contributed by atoms with E-state index in [0.717, 1.165) is 0 Å². The zero-order valence-electron chi connectivity index (χ0n) is 11.5. The molecule has 1 aromatic heterocycles. The van der Waals surface area contributed by atoms with Gasteiger partial charge in [0.05, 0.1) is 5.02 Å². The molecule has 0 radical (unpaired) electrons. The molecule has 1 aromatic carbocycles. The van der Waals surface area contributed by atoms with Gasteiger partial charge < -0.3 is 5.11 Å². The number of carboxylic acids is 1. The lowest BCUT2D eigenvalue weighted by atomic mass is 9.92. The number of nitrogens with zero attached hydrogens (tertiary/aromatic N) is 4. The molecule has 8 heteroatoms. The van der Waals surface area contributed by atoms with E-state index in [0.29, 0.717) is 18.4 Å². The highest BCUT2D eigenvalue weighted by atomic mass is 35.5. The molecule has 112 valence electrons. The van der Waals surface area contributed by atoms with Crippen molar-refractivity contribution in [2.75, 3.05) is 0 Å². The first-order valence-corrected chi connectivity index (χ1v) is 6.81. The highest BCUT2D eigenvalue weighted by molar-refractivity contribution is 6.30. The smallest absolute Gasteiger partial charge is 0.331 e. The minimum Gasteiger partial charge on any atom is -0.479 e. The molecule has 0 unspecified atom stereocenters. The molecule has 0 aliphatic heterocycles. The van der Waals surface area contributed by atoms with Gasteiger partial charge in [-0.2, -0.15) is 0 Å². The first-order valence-electron chi connectivity index (χ1n) is 6.44. The van der Waals surface area contributed by atoms with Crippen molar-refractivity contribution in [2.24, 2.45) is 0 Å². The number of tetrazole rings is 1. The van der Waals surface area contributed by atoms with E-state index in [9.17, 15) is 14.3 Å². The van der Waals surface area contributed by atoms with E-state index >= 15 is 0 Å². The van der Waals surface area contributed by atoms with Crippen LogP contribution in [0, 0.1) is 5.82 Å². The molecule has 0 amide bonds. The van der Waals surface area contributed by atoms with Crippen LogP contribution in [0.2, 0.25) is 5.02 Å². The standard InChI is InChI=1S/C13H14ClFN4O2/c1-3-13(4-2,12(20)21)19-11(16-17-18-19)8-5-6-9(14)10(15)7-8/h5-7H,3-4H2,1-2H3,(H,20,21). The molecule has 21 heavy (non-hydrogen) atoms. The lowest BCUT2D eigenvalue weighted by Gasteiger charge is -2.27. The quantitative estimate of drug-likeness (QED) is 0.918. The Balaban J connectivity index is 2.61. The number of carboxylic acid groups (broad SMARTS) is 1. The highest BCUT2D eigenvalue weighted by Gasteiger charge is 2.40. The van der Waals surface area contributed by atoms with Crippen molar-refractivity contribution < 1.29 is 14.3 Å². The Bertz CT molecular complexity index is 670. The molecule has 0 saturated carbocycles. The maximum atomic E-state index is 13.6. The molecule has 6 nitrogen and oxygen atoms in total. The maximum Gasteiger partial charge on any atom is 0.331 e. The second-order valence-corrected chi connectivity index (χ2v) is 4.99. The van der Waals surface area contributed by atoms with Crippen LogP contribution in [0.5, 0.6) is 0 Å². The summed E-state index contributed by atoms with van der Waals surface area (Å²) in [6.07, 6.45) is 0.597. The summed E-state index contributed by atoms with van der Waals surface area (Å²) in [6.45, 7) is 3.48. The second-order valence-electron chi connectivity index (χ2n) is 4.59. The van der Waals surface area contributed by atoms with Crippen LogP contribution in [0.3, 0.4) is 0 Å². The summed E-state index contributed by atoms with van der Waals surface area (Å²) in [7, 11) is 0. The van der Waals surface area contributed by atoms with Crippen LogP contribution >= 0.6 is 11.6 Å². The van der Waals surface area contributed by atoms with Crippen molar-refractivity contribution in [3.63, 3.8) is 0 Å². The predicted molar refractivity (Wildman–Crippen MR) is 74.4 cm³/mol. The average molecular weight is 313 g/mol. The van der Waals surface area contributed by atoms with Crippen molar-refractivity contribution in [1.82, 2.24) is 20.2 Å². The number of benzene rings is 1. The van der Waals surface area contributed by atoms with Crippen LogP contribution in [0.15, 0.2) is 18.2 Å². The highest BCUT2D eigenvalue weighted by Crippen LogP contribution is 2.30. The van der Waals surface area contributed by atoms with Gasteiger partial charge >= 0.3 is 5.97 Å². The largest absolute Gasteiger partial charge is 0.479 e. The normalized spacial score (nSPS) is 11.6. The van der Waals surface area contributed by atoms with E-state index in [2.05, 4.69) is 15.5 Å². The van der Waals surface area contributed by atoms with E-state index in [-0.39, 0.29) is 10.8 Å². The average Bonchev–Trinajstić information content (AvgIpc) is 2.93. The van der Waals surface area contributed by atoms with Gasteiger partial charge in [0.15, 0.2) is 11.4 Å². The Morgan fingerprint density at radius 3 is 2.62 bits per heavy atom. The van der Waals surface area contributed by atoms with E-state index in [1.165, 1.54) is 16.8 Å². The van der Waals surface area contributed by atoms with Crippen LogP contribution in [-0.4, -0.2) is 31.3 Å². The SMILES string of the molecule is CCC(CC)(C(=O)O)n1nnnc1-c1ccc(Cl)c(F)c1. The predicted octanol–water partition coefficient (Wildman–Crippen LogP) is 2.73. The van der Waals surface area contributed by atoms with Crippen molar-refractivity contribution in [1.29, 1.82) is 0 Å². The summed E-state index contributed by atoms with van der Waals surface area (Å²) in [5.74, 6) is -1.45. The fraction of sp³-hybridized carbons (Fsp3) is 0.385. The summed E-state index contributed by atoms with van der Waals surface area (Å²) in [5, 5.41) is 20.7. The third-order valence-corrected chi connectivity index (χ3v) is 3.93. The Morgan fingerprint density at radius 2 is 2.10 bits per heavy atom. The Kier molecular flexibility index (Phi) is 4.22. The van der Waals surface area contributed by atoms with Gasteiger partial charge in [0.1, 0.15) is 5.82 Å². The molecule has 0 aliphatic carbocycles. The molecule has 1 N–H and O–H groups in total. The number of hydrogen-bond donors (Lipinski definition) is 1. The molecule has 0 saturated heterocycles. The van der Waals surface area contributed by atoms with Crippen molar-refractivity contribution in [2.45, 2.75) is 32.2 Å². The third kappa shape index (κ3) is 2.49. The lowest BCUT2D eigenvalue weighted by Crippen LogP contribution is -2.42. The van der Waals surface area contributed by atoms with Gasteiger partial charge in [0.2, 0.25) is 0 Å². The van der Waals surface area contributed by atoms with E-state index in [1.54, 1.807) is 19.9 Å². The molecule has 0 spiro atoms. The van der Waals surface area contributed by atoms with Crippen LogP contribution in [0.25, 0.3) is 11.4 Å². The number of aromatic nitrogens is 4. The molecule has 0 bridgehead atoms. The zero-order chi connectivity index (χ0) is 15.6. The minimum absolute atomic E-state index is 0.0201. The summed E-state index contributed by atoms with van der Waals surface area (Å²) in [5.41, 5.74) is -0.899. The molecule has 0 atom stereocenters. The van der Waals surface area contributed by atoms with Gasteiger partial charge in [-0.15, -0.1) is 5.10 Å². The van der Waals surface area contributed by atoms with Crippen LogP contribution in [0.4, 0.5) is 4.39 Å². The van der Waals surface area contributed by atoms with Crippen molar-refractivity contribution in [3.8, 4) is 11.4 Å². The van der Waals surface area contributed by atoms with E-state index in [4.69, 9.17) is 11.6 Å². The van der Waals surface area contributed by atoms with Gasteiger partial charge in [-0.3, -0.25) is 0 Å². The molecule has 0 aliphatic rings. The van der Waals surface area contributed by atoms with Gasteiger partial charge in [0.25, 0.3) is 0 Å². The Labute approximate surface area is 125 Å². The van der Waals surface area contributed by atoms with Gasteiger partial charge in [-0.05, 0) is 41.5 Å². The Morgan fingerprint density at radius 1 is 1.43 bits per heavy atom. The summed E-state index contributed by atoms with van der Waals surface area (Å²) >= 11 is 5.65. The zero-order valence-corrected chi connectivity index (χ0v) is 12.3. The second kappa shape index (κ2) is 5.77. The number of rotatable bonds is 5. The summed E-state index contributed by atoms with van der Waals surface area (Å²) in [6, 6.07) is 4.11. The van der Waals surface area contributed by atoms with Crippen LogP contribution in [0.1, 0.15) is 26.7 Å². The Hall–Kier alpha value is -2.02. The molecule has 1 heterocycles. The first-order chi connectivity index (χ1) is 9.96. The number of hydrogen-bond acceptors (Lipinski definition) is 4. The van der Waals surface area contributed by atoms with Crippen molar-refractivity contribution >= 4 is 17.6 Å². The summed E-state index contributed by atoms with van der Waals surface area (Å²) < 4.78 is 14.8. The van der Waals surface area contributed by atoms with Crippen LogP contribution < -0.4 is 0 Å². The molecular formula is C13H14ClFN4O2. The lowest BCUT2D eigenvalue weighted by molar-refractivity contribution is -0.148.